The Morgan fingerprint density at radius 2 is 2.06 bits per heavy atom. The number of terminal acetylenes is 1. The van der Waals surface area contributed by atoms with Crippen LogP contribution in [-0.4, -0.2) is 12.7 Å². The van der Waals surface area contributed by atoms with E-state index in [1.54, 1.807) is 0 Å². The van der Waals surface area contributed by atoms with Gasteiger partial charge in [-0.15, -0.1) is 6.42 Å². The van der Waals surface area contributed by atoms with Gasteiger partial charge in [-0.2, -0.15) is 5.26 Å². The molecular formula is C16H17NO. The summed E-state index contributed by atoms with van der Waals surface area (Å²) in [5, 5.41) is 9.14. The van der Waals surface area contributed by atoms with Crippen LogP contribution in [0.3, 0.4) is 0 Å². The Bertz CT molecular complexity index is 454. The minimum atomic E-state index is -0.0231. The molecular weight excluding hydrogens is 222 g/mol. The molecule has 1 aromatic carbocycles. The van der Waals surface area contributed by atoms with E-state index in [1.807, 2.05) is 6.07 Å². The lowest BCUT2D eigenvalue weighted by atomic mass is 9.77. The van der Waals surface area contributed by atoms with Crippen LogP contribution in [-0.2, 0) is 4.74 Å². The molecule has 18 heavy (non-hydrogen) atoms. The van der Waals surface area contributed by atoms with Gasteiger partial charge in [-0.3, -0.25) is 0 Å². The summed E-state index contributed by atoms with van der Waals surface area (Å²) in [7, 11) is 0. The smallest absolute Gasteiger partial charge is 0.107 e. The second-order valence-corrected chi connectivity index (χ2v) is 4.71. The van der Waals surface area contributed by atoms with E-state index in [-0.39, 0.29) is 12.0 Å². The first-order valence-electron chi connectivity index (χ1n) is 6.34. The highest BCUT2D eigenvalue weighted by Gasteiger charge is 2.31. The maximum Gasteiger partial charge on any atom is 0.107 e. The van der Waals surface area contributed by atoms with Crippen LogP contribution in [0.15, 0.2) is 30.3 Å². The van der Waals surface area contributed by atoms with E-state index in [0.29, 0.717) is 12.5 Å². The number of hydrogen-bond donors (Lipinski definition) is 0. The molecule has 1 aliphatic carbocycles. The molecule has 1 fully saturated rings. The lowest BCUT2D eigenvalue weighted by Gasteiger charge is -2.32. The highest BCUT2D eigenvalue weighted by atomic mass is 16.5. The standard InChI is InChI=1S/C16H17NO/c1-2-10-18-16-11-14(8-9-15(16)12-17)13-6-4-3-5-7-13/h1,3-7,14-16H,8-11H2. The lowest BCUT2D eigenvalue weighted by Crippen LogP contribution is -2.30. The topological polar surface area (TPSA) is 33.0 Å². The predicted octanol–water partition coefficient (Wildman–Crippen LogP) is 3.11. The number of nitrogens with zero attached hydrogens (tertiary/aromatic N) is 1. The number of nitriles is 1. The van der Waals surface area contributed by atoms with E-state index in [9.17, 15) is 0 Å². The van der Waals surface area contributed by atoms with Crippen molar-refractivity contribution in [2.24, 2.45) is 5.92 Å². The quantitative estimate of drug-likeness (QED) is 0.759. The highest BCUT2D eigenvalue weighted by molar-refractivity contribution is 5.21. The van der Waals surface area contributed by atoms with Gasteiger partial charge in [0.15, 0.2) is 0 Å². The molecule has 2 nitrogen and oxygen atoms in total. The summed E-state index contributed by atoms with van der Waals surface area (Å²) >= 11 is 0. The van der Waals surface area contributed by atoms with Crippen molar-refractivity contribution in [3.8, 4) is 18.4 Å². The Morgan fingerprint density at radius 3 is 2.72 bits per heavy atom. The van der Waals surface area contributed by atoms with Crippen molar-refractivity contribution >= 4 is 0 Å². The number of hydrogen-bond acceptors (Lipinski definition) is 2. The van der Waals surface area contributed by atoms with Gasteiger partial charge in [0.25, 0.3) is 0 Å². The van der Waals surface area contributed by atoms with Crippen molar-refractivity contribution in [1.82, 2.24) is 0 Å². The molecule has 0 spiro atoms. The van der Waals surface area contributed by atoms with Gasteiger partial charge in [-0.05, 0) is 30.7 Å². The SMILES string of the molecule is C#CCOC1CC(c2ccccc2)CCC1C#N. The summed E-state index contributed by atoms with van der Waals surface area (Å²) in [4.78, 5) is 0. The van der Waals surface area contributed by atoms with Crippen molar-refractivity contribution in [1.29, 1.82) is 5.26 Å². The summed E-state index contributed by atoms with van der Waals surface area (Å²) in [6.45, 7) is 0.296. The van der Waals surface area contributed by atoms with E-state index in [4.69, 9.17) is 16.4 Å². The molecule has 92 valence electrons. The number of rotatable bonds is 3. The largest absolute Gasteiger partial charge is 0.364 e. The zero-order chi connectivity index (χ0) is 12.8. The Hall–Kier alpha value is -1.77. The minimum absolute atomic E-state index is 0.0155. The third-order valence-electron chi connectivity index (χ3n) is 3.61. The Morgan fingerprint density at radius 1 is 1.28 bits per heavy atom. The molecule has 0 radical (unpaired) electrons. The van der Waals surface area contributed by atoms with Crippen molar-refractivity contribution in [3.05, 3.63) is 35.9 Å². The normalized spacial score (nSPS) is 27.1. The maximum atomic E-state index is 9.14. The second kappa shape index (κ2) is 6.24. The lowest BCUT2D eigenvalue weighted by molar-refractivity contribution is 0.0185. The fourth-order valence-corrected chi connectivity index (χ4v) is 2.64. The molecule has 1 aliphatic rings. The first kappa shape index (κ1) is 12.7. The molecule has 0 N–H and O–H groups in total. The summed E-state index contributed by atoms with van der Waals surface area (Å²) in [5.74, 6) is 2.95. The van der Waals surface area contributed by atoms with Gasteiger partial charge in [0, 0.05) is 0 Å². The highest BCUT2D eigenvalue weighted by Crippen LogP contribution is 2.37. The van der Waals surface area contributed by atoms with Gasteiger partial charge < -0.3 is 4.74 Å². The average molecular weight is 239 g/mol. The second-order valence-electron chi connectivity index (χ2n) is 4.71. The number of ether oxygens (including phenoxy) is 1. The molecule has 0 bridgehead atoms. The number of benzene rings is 1. The van der Waals surface area contributed by atoms with Gasteiger partial charge >= 0.3 is 0 Å². The third kappa shape index (κ3) is 2.92. The van der Waals surface area contributed by atoms with Gasteiger partial charge in [0.05, 0.1) is 18.1 Å². The fraction of sp³-hybridized carbons (Fsp3) is 0.438. The van der Waals surface area contributed by atoms with E-state index in [0.717, 1.165) is 19.3 Å². The zero-order valence-electron chi connectivity index (χ0n) is 10.4. The monoisotopic (exact) mass is 239 g/mol. The van der Waals surface area contributed by atoms with Crippen LogP contribution >= 0.6 is 0 Å². The fourth-order valence-electron chi connectivity index (χ4n) is 2.64. The van der Waals surface area contributed by atoms with Crippen molar-refractivity contribution in [3.63, 3.8) is 0 Å². The third-order valence-corrected chi connectivity index (χ3v) is 3.61. The van der Waals surface area contributed by atoms with Gasteiger partial charge in [0.2, 0.25) is 0 Å². The van der Waals surface area contributed by atoms with Crippen molar-refractivity contribution < 1.29 is 4.74 Å². The summed E-state index contributed by atoms with van der Waals surface area (Å²) in [6.07, 6.45) is 8.04. The van der Waals surface area contributed by atoms with Crippen LogP contribution in [0.1, 0.15) is 30.7 Å². The van der Waals surface area contributed by atoms with Crippen LogP contribution in [0, 0.1) is 29.6 Å². The van der Waals surface area contributed by atoms with Crippen LogP contribution < -0.4 is 0 Å². The molecule has 2 heteroatoms. The molecule has 0 aliphatic heterocycles. The first-order valence-corrected chi connectivity index (χ1v) is 6.34. The first-order chi connectivity index (χ1) is 8.85. The molecule has 3 atom stereocenters. The van der Waals surface area contributed by atoms with Gasteiger partial charge in [-0.25, -0.2) is 0 Å². The molecule has 3 unspecified atom stereocenters. The summed E-state index contributed by atoms with van der Waals surface area (Å²) in [5.41, 5.74) is 1.34. The molecule has 0 amide bonds. The summed E-state index contributed by atoms with van der Waals surface area (Å²) in [6, 6.07) is 12.8. The molecule has 0 aromatic heterocycles. The molecule has 0 heterocycles. The average Bonchev–Trinajstić information content (AvgIpc) is 2.45. The van der Waals surface area contributed by atoms with Crippen LogP contribution in [0.2, 0.25) is 0 Å². The Labute approximate surface area is 109 Å². The Kier molecular flexibility index (Phi) is 4.40. The van der Waals surface area contributed by atoms with Crippen LogP contribution in [0.5, 0.6) is 0 Å². The summed E-state index contributed by atoms with van der Waals surface area (Å²) < 4.78 is 5.63. The van der Waals surface area contributed by atoms with Crippen LogP contribution in [0.25, 0.3) is 0 Å². The predicted molar refractivity (Wildman–Crippen MR) is 70.7 cm³/mol. The van der Waals surface area contributed by atoms with Crippen LogP contribution in [0.4, 0.5) is 0 Å². The Balaban J connectivity index is 2.05. The maximum absolute atomic E-state index is 9.14. The van der Waals surface area contributed by atoms with E-state index in [2.05, 4.69) is 36.3 Å². The van der Waals surface area contributed by atoms with Gasteiger partial charge in [0.1, 0.15) is 6.61 Å². The minimum Gasteiger partial charge on any atom is -0.364 e. The zero-order valence-corrected chi connectivity index (χ0v) is 10.4. The van der Waals surface area contributed by atoms with Crippen molar-refractivity contribution in [2.45, 2.75) is 31.3 Å². The molecule has 2 rings (SSSR count). The molecule has 0 saturated heterocycles. The van der Waals surface area contributed by atoms with Gasteiger partial charge in [-0.1, -0.05) is 36.3 Å². The van der Waals surface area contributed by atoms with E-state index >= 15 is 0 Å². The van der Waals surface area contributed by atoms with Crippen molar-refractivity contribution in [2.75, 3.05) is 6.61 Å². The molecule has 1 saturated carbocycles. The van der Waals surface area contributed by atoms with E-state index < -0.39 is 0 Å². The van der Waals surface area contributed by atoms with E-state index in [1.165, 1.54) is 5.56 Å². The molecule has 1 aromatic rings.